The Bertz CT molecular complexity index is 929. The number of fused-ring (bicyclic) bond motifs is 1. The predicted octanol–water partition coefficient (Wildman–Crippen LogP) is 3.03. The van der Waals surface area contributed by atoms with Crippen molar-refractivity contribution in [2.75, 3.05) is 37.8 Å². The fraction of sp³-hybridized carbons (Fsp3) is 0.450. The summed E-state index contributed by atoms with van der Waals surface area (Å²) in [5.74, 6) is 0.972. The van der Waals surface area contributed by atoms with E-state index in [1.807, 2.05) is 29.2 Å². The van der Waals surface area contributed by atoms with Crippen molar-refractivity contribution in [3.8, 4) is 11.4 Å². The molecule has 2 saturated heterocycles. The molecule has 0 N–H and O–H groups in total. The first-order chi connectivity index (χ1) is 13.4. The van der Waals surface area contributed by atoms with E-state index in [1.165, 1.54) is 0 Å². The van der Waals surface area contributed by atoms with Gasteiger partial charge in [0.1, 0.15) is 17.0 Å². The van der Waals surface area contributed by atoms with E-state index in [9.17, 15) is 0 Å². The molecule has 5 rings (SSSR count). The Kier molecular flexibility index (Phi) is 4.47. The lowest BCUT2D eigenvalue weighted by molar-refractivity contribution is -0.0383. The lowest BCUT2D eigenvalue weighted by atomic mass is 10.1. The molecule has 140 valence electrons. The number of nitrogens with zero attached hydrogens (tertiary/aromatic N) is 5. The van der Waals surface area contributed by atoms with Crippen LogP contribution in [-0.4, -0.2) is 52.7 Å². The molecule has 7 heteroatoms. The van der Waals surface area contributed by atoms with Crippen LogP contribution in [0.1, 0.15) is 25.5 Å². The van der Waals surface area contributed by atoms with E-state index in [2.05, 4.69) is 27.1 Å². The topological polar surface area (TPSA) is 65.3 Å². The Balaban J connectivity index is 1.58. The Morgan fingerprint density at radius 3 is 2.74 bits per heavy atom. The average molecular weight is 365 g/mol. The summed E-state index contributed by atoms with van der Waals surface area (Å²) in [5, 5.41) is 5.61. The second kappa shape index (κ2) is 7.25. The van der Waals surface area contributed by atoms with Gasteiger partial charge in [0, 0.05) is 37.5 Å². The Labute approximate surface area is 157 Å². The van der Waals surface area contributed by atoms with E-state index >= 15 is 0 Å². The quantitative estimate of drug-likeness (QED) is 0.711. The molecule has 1 atom stereocenters. The molecule has 0 aliphatic carbocycles. The maximum Gasteiger partial charge on any atom is 0.150 e. The van der Waals surface area contributed by atoms with E-state index < -0.39 is 0 Å². The lowest BCUT2D eigenvalue weighted by Crippen LogP contribution is -2.36. The first kappa shape index (κ1) is 16.6. The number of ether oxygens (including phenoxy) is 2. The number of hydrogen-bond acceptors (Lipinski definition) is 6. The van der Waals surface area contributed by atoms with Crippen LogP contribution in [-0.2, 0) is 9.47 Å². The highest BCUT2D eigenvalue weighted by Gasteiger charge is 2.22. The zero-order chi connectivity index (χ0) is 18.1. The van der Waals surface area contributed by atoms with Crippen LogP contribution in [0.5, 0.6) is 0 Å². The van der Waals surface area contributed by atoms with Gasteiger partial charge in [-0.05, 0) is 43.5 Å². The monoisotopic (exact) mass is 365 g/mol. The van der Waals surface area contributed by atoms with Crippen molar-refractivity contribution < 1.29 is 9.47 Å². The summed E-state index contributed by atoms with van der Waals surface area (Å²) < 4.78 is 13.4. The third-order valence-electron chi connectivity index (χ3n) is 5.27. The summed E-state index contributed by atoms with van der Waals surface area (Å²) in [6, 6.07) is 8.21. The van der Waals surface area contributed by atoms with Crippen molar-refractivity contribution in [3.05, 3.63) is 36.7 Å². The van der Waals surface area contributed by atoms with Gasteiger partial charge in [-0.3, -0.25) is 4.98 Å². The van der Waals surface area contributed by atoms with E-state index in [-0.39, 0.29) is 6.23 Å². The highest BCUT2D eigenvalue weighted by atomic mass is 16.5. The van der Waals surface area contributed by atoms with Gasteiger partial charge < -0.3 is 14.4 Å². The smallest absolute Gasteiger partial charge is 0.150 e. The van der Waals surface area contributed by atoms with Crippen molar-refractivity contribution in [1.29, 1.82) is 0 Å². The lowest BCUT2D eigenvalue weighted by Gasteiger charge is -2.28. The van der Waals surface area contributed by atoms with Gasteiger partial charge >= 0.3 is 0 Å². The molecule has 0 radical (unpaired) electrons. The minimum absolute atomic E-state index is 0.0248. The van der Waals surface area contributed by atoms with Crippen LogP contribution < -0.4 is 4.90 Å². The van der Waals surface area contributed by atoms with Crippen molar-refractivity contribution in [1.82, 2.24) is 19.7 Å². The van der Waals surface area contributed by atoms with Crippen LogP contribution >= 0.6 is 0 Å². The van der Waals surface area contributed by atoms with Crippen LogP contribution in [0, 0.1) is 0 Å². The minimum Gasteiger partial charge on any atom is -0.378 e. The molecule has 2 aliphatic heterocycles. The van der Waals surface area contributed by atoms with E-state index in [1.54, 1.807) is 0 Å². The molecule has 3 aromatic heterocycles. The number of anilines is 1. The van der Waals surface area contributed by atoms with E-state index in [0.29, 0.717) is 0 Å². The third-order valence-corrected chi connectivity index (χ3v) is 5.27. The first-order valence-corrected chi connectivity index (χ1v) is 9.64. The summed E-state index contributed by atoms with van der Waals surface area (Å²) in [5.41, 5.74) is 2.72. The molecule has 7 nitrogen and oxygen atoms in total. The standard InChI is InChI=1S/C20H23N5O2/c1-2-12-27-18(3-1)25-16(7-9-22-25)20-19-15(6-8-21-20)4-5-17(23-19)24-10-13-26-14-11-24/h4-9,18H,1-3,10-14H2. The predicted molar refractivity (Wildman–Crippen MR) is 103 cm³/mol. The molecule has 0 spiro atoms. The summed E-state index contributed by atoms with van der Waals surface area (Å²) in [7, 11) is 0. The largest absolute Gasteiger partial charge is 0.378 e. The van der Waals surface area contributed by atoms with Gasteiger partial charge in [0.2, 0.25) is 0 Å². The van der Waals surface area contributed by atoms with Crippen molar-refractivity contribution in [2.24, 2.45) is 0 Å². The Hall–Kier alpha value is -2.51. The zero-order valence-corrected chi connectivity index (χ0v) is 15.3. The highest BCUT2D eigenvalue weighted by Crippen LogP contribution is 2.31. The van der Waals surface area contributed by atoms with E-state index in [4.69, 9.17) is 14.5 Å². The first-order valence-electron chi connectivity index (χ1n) is 9.64. The van der Waals surface area contributed by atoms with Crippen LogP contribution in [0.4, 0.5) is 5.82 Å². The van der Waals surface area contributed by atoms with Crippen molar-refractivity contribution in [2.45, 2.75) is 25.5 Å². The molecular formula is C20H23N5O2. The molecule has 5 heterocycles. The van der Waals surface area contributed by atoms with Gasteiger partial charge in [-0.15, -0.1) is 0 Å². The summed E-state index contributed by atoms with van der Waals surface area (Å²) in [6.45, 7) is 3.99. The number of hydrogen-bond donors (Lipinski definition) is 0. The normalized spacial score (nSPS) is 20.9. The SMILES string of the molecule is c1cc2ccc(N3CCOCC3)nc2c(-c2ccnn2C2CCCCO2)n1. The zero-order valence-electron chi connectivity index (χ0n) is 15.3. The molecule has 3 aromatic rings. The molecule has 2 aliphatic rings. The fourth-order valence-corrected chi connectivity index (χ4v) is 3.84. The molecular weight excluding hydrogens is 342 g/mol. The van der Waals surface area contributed by atoms with Gasteiger partial charge in [-0.2, -0.15) is 5.10 Å². The third kappa shape index (κ3) is 3.17. The van der Waals surface area contributed by atoms with Crippen molar-refractivity contribution >= 4 is 16.7 Å². The number of aromatic nitrogens is 4. The van der Waals surface area contributed by atoms with Crippen LogP contribution in [0.3, 0.4) is 0 Å². The second-order valence-electron chi connectivity index (χ2n) is 6.98. The van der Waals surface area contributed by atoms with Crippen LogP contribution in [0.2, 0.25) is 0 Å². The maximum absolute atomic E-state index is 5.95. The van der Waals surface area contributed by atoms with Gasteiger partial charge in [0.15, 0.2) is 6.23 Å². The number of pyridine rings is 2. The molecule has 0 amide bonds. The Morgan fingerprint density at radius 1 is 0.963 bits per heavy atom. The molecule has 2 fully saturated rings. The minimum atomic E-state index is -0.0248. The maximum atomic E-state index is 5.95. The van der Waals surface area contributed by atoms with Gasteiger partial charge in [-0.1, -0.05) is 0 Å². The highest BCUT2D eigenvalue weighted by molar-refractivity contribution is 5.91. The fourth-order valence-electron chi connectivity index (χ4n) is 3.84. The van der Waals surface area contributed by atoms with Gasteiger partial charge in [-0.25, -0.2) is 9.67 Å². The molecule has 27 heavy (non-hydrogen) atoms. The summed E-state index contributed by atoms with van der Waals surface area (Å²) in [6.07, 6.45) is 6.89. The van der Waals surface area contributed by atoms with Gasteiger partial charge in [0.25, 0.3) is 0 Å². The van der Waals surface area contributed by atoms with Gasteiger partial charge in [0.05, 0.1) is 18.9 Å². The summed E-state index contributed by atoms with van der Waals surface area (Å²) >= 11 is 0. The average Bonchev–Trinajstić information content (AvgIpc) is 3.24. The number of rotatable bonds is 3. The molecule has 0 aromatic carbocycles. The summed E-state index contributed by atoms with van der Waals surface area (Å²) in [4.78, 5) is 11.9. The van der Waals surface area contributed by atoms with Crippen LogP contribution in [0.15, 0.2) is 36.7 Å². The molecule has 0 bridgehead atoms. The Morgan fingerprint density at radius 2 is 1.89 bits per heavy atom. The van der Waals surface area contributed by atoms with E-state index in [0.717, 1.165) is 80.3 Å². The van der Waals surface area contributed by atoms with Crippen LogP contribution in [0.25, 0.3) is 22.3 Å². The molecule has 1 unspecified atom stereocenters. The number of morpholine rings is 1. The second-order valence-corrected chi connectivity index (χ2v) is 6.98. The molecule has 0 saturated carbocycles. The van der Waals surface area contributed by atoms with Crippen molar-refractivity contribution in [3.63, 3.8) is 0 Å².